The number of hydrogen-bond acceptors (Lipinski definition) is 4. The molecule has 4 nitrogen and oxygen atoms in total. The molecule has 0 radical (unpaired) electrons. The van der Waals surface area contributed by atoms with E-state index < -0.39 is 0 Å². The van der Waals surface area contributed by atoms with Crippen LogP contribution in [0.15, 0.2) is 0 Å². The molecule has 10 heavy (non-hydrogen) atoms. The van der Waals surface area contributed by atoms with Crippen molar-refractivity contribution in [1.29, 1.82) is 0 Å². The first-order valence-electron chi connectivity index (χ1n) is 3.55. The zero-order valence-electron chi connectivity index (χ0n) is 5.95. The van der Waals surface area contributed by atoms with Crippen molar-refractivity contribution in [3.63, 3.8) is 0 Å². The molecule has 1 saturated heterocycles. The van der Waals surface area contributed by atoms with Crippen molar-refractivity contribution in [3.05, 3.63) is 0 Å². The number of hydrogen-bond donors (Lipinski definition) is 3. The summed E-state index contributed by atoms with van der Waals surface area (Å²) >= 11 is 0. The van der Waals surface area contributed by atoms with E-state index in [-0.39, 0.29) is 19.4 Å². The molecule has 60 valence electrons. The van der Waals surface area contributed by atoms with Crippen molar-refractivity contribution in [2.75, 3.05) is 33.0 Å². The van der Waals surface area contributed by atoms with Crippen LogP contribution in [-0.2, 0) is 0 Å². The van der Waals surface area contributed by atoms with Gasteiger partial charge < -0.3 is 15.5 Å². The molecule has 0 amide bonds. The smallest absolute Gasteiger partial charge is 0.0960 e. The van der Waals surface area contributed by atoms with Gasteiger partial charge in [-0.25, -0.2) is 0 Å². The number of piperazine rings is 1. The Morgan fingerprint density at radius 2 is 2.30 bits per heavy atom. The summed E-state index contributed by atoms with van der Waals surface area (Å²) in [4.78, 5) is 1.86. The molecule has 1 fully saturated rings. The van der Waals surface area contributed by atoms with Crippen molar-refractivity contribution in [2.24, 2.45) is 0 Å². The largest absolute Gasteiger partial charge is 0.395 e. The molecule has 0 aliphatic carbocycles. The minimum atomic E-state index is 0.0485. The number of nitrogens with zero attached hydrogens (tertiary/aromatic N) is 1. The molecule has 1 unspecified atom stereocenters. The second-order valence-electron chi connectivity index (χ2n) is 2.49. The molecule has 0 aromatic carbocycles. The summed E-state index contributed by atoms with van der Waals surface area (Å²) in [5.74, 6) is 0. The Hall–Kier alpha value is -0.160. The first-order valence-corrected chi connectivity index (χ1v) is 3.55. The van der Waals surface area contributed by atoms with Gasteiger partial charge in [0, 0.05) is 25.7 Å². The Bertz CT molecular complexity index is 87.7. The van der Waals surface area contributed by atoms with E-state index >= 15 is 0 Å². The number of nitrogens with one attached hydrogen (secondary N) is 1. The fraction of sp³-hybridized carbons (Fsp3) is 1.00. The molecule has 3 N–H and O–H groups in total. The van der Waals surface area contributed by atoms with E-state index in [1.165, 1.54) is 0 Å². The van der Waals surface area contributed by atoms with Crippen LogP contribution in [0.3, 0.4) is 0 Å². The molecule has 1 aliphatic rings. The van der Waals surface area contributed by atoms with Crippen LogP contribution in [0.25, 0.3) is 0 Å². The summed E-state index contributed by atoms with van der Waals surface area (Å²) in [5, 5.41) is 20.7. The third kappa shape index (κ3) is 1.67. The van der Waals surface area contributed by atoms with Gasteiger partial charge in [0.1, 0.15) is 0 Å². The van der Waals surface area contributed by atoms with E-state index in [2.05, 4.69) is 5.32 Å². The van der Waals surface area contributed by atoms with Gasteiger partial charge in [0.05, 0.1) is 13.3 Å². The summed E-state index contributed by atoms with van der Waals surface area (Å²) in [6, 6.07) is 0.0961. The topological polar surface area (TPSA) is 55.7 Å². The van der Waals surface area contributed by atoms with Crippen LogP contribution in [0.4, 0.5) is 0 Å². The molecular weight excluding hydrogens is 132 g/mol. The highest BCUT2D eigenvalue weighted by atomic mass is 16.3. The highest BCUT2D eigenvalue weighted by Gasteiger charge is 2.19. The van der Waals surface area contributed by atoms with Gasteiger partial charge in [0.25, 0.3) is 0 Å². The average molecular weight is 146 g/mol. The highest BCUT2D eigenvalue weighted by Crippen LogP contribution is 1.99. The lowest BCUT2D eigenvalue weighted by Crippen LogP contribution is -2.53. The van der Waals surface area contributed by atoms with Gasteiger partial charge in [-0.15, -0.1) is 0 Å². The van der Waals surface area contributed by atoms with Gasteiger partial charge in [0.2, 0.25) is 0 Å². The lowest BCUT2D eigenvalue weighted by molar-refractivity contribution is 0.0262. The monoisotopic (exact) mass is 146 g/mol. The molecule has 4 heteroatoms. The molecule has 1 rings (SSSR count). The number of aliphatic hydroxyl groups is 2. The van der Waals surface area contributed by atoms with Gasteiger partial charge in [-0.3, -0.25) is 4.90 Å². The number of aliphatic hydroxyl groups excluding tert-OH is 2. The predicted molar refractivity (Wildman–Crippen MR) is 37.5 cm³/mol. The van der Waals surface area contributed by atoms with Crippen LogP contribution in [0.5, 0.6) is 0 Å². The van der Waals surface area contributed by atoms with Crippen molar-refractivity contribution < 1.29 is 10.2 Å². The second kappa shape index (κ2) is 3.88. The molecule has 1 atom stereocenters. The Morgan fingerprint density at radius 3 is 2.80 bits per heavy atom. The minimum Gasteiger partial charge on any atom is -0.395 e. The minimum absolute atomic E-state index is 0.0485. The van der Waals surface area contributed by atoms with Crippen molar-refractivity contribution in [2.45, 2.75) is 6.04 Å². The quantitative estimate of drug-likeness (QED) is 0.430. The molecule has 0 spiro atoms. The summed E-state index contributed by atoms with van der Waals surface area (Å²) in [6.07, 6.45) is 0. The highest BCUT2D eigenvalue weighted by molar-refractivity contribution is 4.76. The van der Waals surface area contributed by atoms with Crippen molar-refractivity contribution >= 4 is 0 Å². The van der Waals surface area contributed by atoms with E-state index in [9.17, 15) is 0 Å². The van der Waals surface area contributed by atoms with Gasteiger partial charge in [-0.1, -0.05) is 0 Å². The van der Waals surface area contributed by atoms with E-state index in [1.54, 1.807) is 0 Å². The maximum absolute atomic E-state index is 8.80. The van der Waals surface area contributed by atoms with Crippen LogP contribution in [-0.4, -0.2) is 54.1 Å². The van der Waals surface area contributed by atoms with E-state index in [0.29, 0.717) is 0 Å². The first kappa shape index (κ1) is 7.94. The van der Waals surface area contributed by atoms with Crippen molar-refractivity contribution in [1.82, 2.24) is 10.2 Å². The lowest BCUT2D eigenvalue weighted by Gasteiger charge is -2.33. The van der Waals surface area contributed by atoms with E-state index in [0.717, 1.165) is 19.6 Å². The van der Waals surface area contributed by atoms with Crippen LogP contribution in [0, 0.1) is 0 Å². The standard InChI is InChI=1S/C6H14N2O2/c9-4-6-3-7-1-2-8(6)5-10/h6-7,9-10H,1-5H2. The van der Waals surface area contributed by atoms with Gasteiger partial charge in [0.15, 0.2) is 0 Å². The Balaban J connectivity index is 2.34. The SMILES string of the molecule is OCC1CNCCN1CO. The summed E-state index contributed by atoms with van der Waals surface area (Å²) < 4.78 is 0. The zero-order chi connectivity index (χ0) is 7.40. The lowest BCUT2D eigenvalue weighted by atomic mass is 10.2. The second-order valence-corrected chi connectivity index (χ2v) is 2.49. The molecule has 0 aromatic heterocycles. The third-order valence-electron chi connectivity index (χ3n) is 1.86. The first-order chi connectivity index (χ1) is 4.88. The average Bonchev–Trinajstić information content (AvgIpc) is 2.04. The van der Waals surface area contributed by atoms with E-state index in [1.807, 2.05) is 4.90 Å². The van der Waals surface area contributed by atoms with Crippen molar-refractivity contribution in [3.8, 4) is 0 Å². The van der Waals surface area contributed by atoms with E-state index in [4.69, 9.17) is 10.2 Å². The van der Waals surface area contributed by atoms with Crippen LogP contribution < -0.4 is 5.32 Å². The fourth-order valence-electron chi connectivity index (χ4n) is 1.17. The maximum Gasteiger partial charge on any atom is 0.0960 e. The van der Waals surface area contributed by atoms with Crippen LogP contribution >= 0.6 is 0 Å². The molecule has 0 saturated carbocycles. The third-order valence-corrected chi connectivity index (χ3v) is 1.86. The zero-order valence-corrected chi connectivity index (χ0v) is 5.95. The molecule has 0 bridgehead atoms. The van der Waals surface area contributed by atoms with Gasteiger partial charge >= 0.3 is 0 Å². The normalized spacial score (nSPS) is 28.8. The molecule has 0 aromatic rings. The van der Waals surface area contributed by atoms with Gasteiger partial charge in [-0.2, -0.15) is 0 Å². The number of rotatable bonds is 2. The molecule has 1 aliphatic heterocycles. The fourth-order valence-corrected chi connectivity index (χ4v) is 1.17. The molecule has 1 heterocycles. The Kier molecular flexibility index (Phi) is 3.08. The summed E-state index contributed by atoms with van der Waals surface area (Å²) in [5.41, 5.74) is 0. The summed E-state index contributed by atoms with van der Waals surface area (Å²) in [7, 11) is 0. The van der Waals surface area contributed by atoms with Crippen LogP contribution in [0.1, 0.15) is 0 Å². The Morgan fingerprint density at radius 1 is 1.50 bits per heavy atom. The van der Waals surface area contributed by atoms with Crippen LogP contribution in [0.2, 0.25) is 0 Å². The predicted octanol–water partition coefficient (Wildman–Crippen LogP) is -1.80. The maximum atomic E-state index is 8.80. The summed E-state index contributed by atoms with van der Waals surface area (Å²) in [6.45, 7) is 2.66. The van der Waals surface area contributed by atoms with Gasteiger partial charge in [-0.05, 0) is 0 Å². The molecular formula is C6H14N2O2. The Labute approximate surface area is 60.5 Å².